The van der Waals surface area contributed by atoms with E-state index in [1.165, 1.54) is 100 Å². The maximum Gasteiger partial charge on any atom is 0.220 e. The second kappa shape index (κ2) is 12.2. The van der Waals surface area contributed by atoms with Crippen molar-refractivity contribution in [3.8, 4) is 22.3 Å². The van der Waals surface area contributed by atoms with Crippen molar-refractivity contribution in [1.82, 2.24) is 0 Å². The Morgan fingerprint density at radius 1 is 0.600 bits per heavy atom. The predicted molar refractivity (Wildman–Crippen MR) is 215 cm³/mol. The Morgan fingerprint density at radius 3 is 2.20 bits per heavy atom. The van der Waals surface area contributed by atoms with E-state index in [-0.39, 0.29) is 6.71 Å². The quantitative estimate of drug-likeness (QED) is 0.169. The SMILES string of the molecule is Cc1ccc(CB2c3c(-c4cc(C)ccc4C)cc(C)cc3N(C3=C(c4ccccc4)C=CCC3)c3ccc4c(c32)-c2ccccc2C4)cc1. The molecular weight excluding hydrogens is 601 g/mol. The molecule has 1 nitrogen and oxygen atoms in total. The summed E-state index contributed by atoms with van der Waals surface area (Å²) in [5.41, 5.74) is 24.6. The predicted octanol–water partition coefficient (Wildman–Crippen LogP) is 10.8. The van der Waals surface area contributed by atoms with E-state index in [9.17, 15) is 0 Å². The maximum absolute atomic E-state index is 2.69. The molecule has 2 aliphatic carbocycles. The number of fused-ring (bicyclic) bond motifs is 6. The lowest BCUT2D eigenvalue weighted by Crippen LogP contribution is -2.54. The van der Waals surface area contributed by atoms with Gasteiger partial charge in [0.2, 0.25) is 6.71 Å². The fourth-order valence-electron chi connectivity index (χ4n) is 8.86. The topological polar surface area (TPSA) is 3.24 Å². The monoisotopic (exact) mass is 643 g/mol. The normalized spacial score (nSPS) is 14.4. The summed E-state index contributed by atoms with van der Waals surface area (Å²) in [6, 6.07) is 46.2. The van der Waals surface area contributed by atoms with Crippen molar-refractivity contribution in [3.05, 3.63) is 184 Å². The van der Waals surface area contributed by atoms with Crippen LogP contribution in [-0.2, 0) is 12.7 Å². The van der Waals surface area contributed by atoms with E-state index in [1.54, 1.807) is 0 Å². The molecule has 0 radical (unpaired) electrons. The highest BCUT2D eigenvalue weighted by Gasteiger charge is 2.41. The van der Waals surface area contributed by atoms with Gasteiger partial charge in [0, 0.05) is 22.6 Å². The van der Waals surface area contributed by atoms with E-state index >= 15 is 0 Å². The minimum Gasteiger partial charge on any atom is -0.315 e. The number of nitrogens with zero attached hydrogens (tertiary/aromatic N) is 1. The average molecular weight is 644 g/mol. The van der Waals surface area contributed by atoms with Gasteiger partial charge < -0.3 is 4.90 Å². The summed E-state index contributed by atoms with van der Waals surface area (Å²) < 4.78 is 0. The highest BCUT2D eigenvalue weighted by atomic mass is 15.2. The van der Waals surface area contributed by atoms with Crippen LogP contribution in [0, 0.1) is 27.7 Å². The summed E-state index contributed by atoms with van der Waals surface area (Å²) >= 11 is 0. The standard InChI is InChI=1S/C48H42BN/c1-31-19-22-35(23-20-31)30-49-47-42(41-26-32(2)18-21-34(41)4)27-33(3)28-45(47)50(43-17-11-10-15-39(43)36-12-6-5-7-13-36)44-25-24-38-29-37-14-8-9-16-40(37)46(38)48(44)49/h5-10,12-16,18-28H,11,17,29-30H2,1-4H3. The molecule has 0 spiro atoms. The molecule has 9 rings (SSSR count). The van der Waals surface area contributed by atoms with Gasteiger partial charge in [-0.1, -0.05) is 138 Å². The van der Waals surface area contributed by atoms with E-state index in [1.807, 2.05) is 0 Å². The highest BCUT2D eigenvalue weighted by Crippen LogP contribution is 2.46. The average Bonchev–Trinajstić information content (AvgIpc) is 3.52. The van der Waals surface area contributed by atoms with Gasteiger partial charge in [-0.2, -0.15) is 0 Å². The molecule has 50 heavy (non-hydrogen) atoms. The number of anilines is 2. The Hall–Kier alpha value is -5.34. The van der Waals surface area contributed by atoms with Crippen LogP contribution in [0.15, 0.2) is 139 Å². The molecule has 1 aliphatic heterocycles. The van der Waals surface area contributed by atoms with Gasteiger partial charge in [0.25, 0.3) is 0 Å². The van der Waals surface area contributed by atoms with Crippen LogP contribution in [0.4, 0.5) is 11.4 Å². The molecule has 2 heteroatoms. The Labute approximate surface area is 297 Å². The van der Waals surface area contributed by atoms with Crippen LogP contribution in [0.1, 0.15) is 57.3 Å². The summed E-state index contributed by atoms with van der Waals surface area (Å²) in [6.45, 7) is 9.16. The van der Waals surface area contributed by atoms with Crippen molar-refractivity contribution in [3.63, 3.8) is 0 Å². The summed E-state index contributed by atoms with van der Waals surface area (Å²) in [5.74, 6) is 0. The van der Waals surface area contributed by atoms with Crippen molar-refractivity contribution >= 4 is 34.6 Å². The molecule has 242 valence electrons. The van der Waals surface area contributed by atoms with Crippen molar-refractivity contribution in [1.29, 1.82) is 0 Å². The summed E-state index contributed by atoms with van der Waals surface area (Å²) in [6.07, 6.45) is 8.68. The fourth-order valence-corrected chi connectivity index (χ4v) is 8.86. The molecule has 6 aromatic rings. The molecule has 0 saturated heterocycles. The molecule has 0 amide bonds. The summed E-state index contributed by atoms with van der Waals surface area (Å²) in [4.78, 5) is 2.69. The number of hydrogen-bond donors (Lipinski definition) is 0. The second-order valence-corrected chi connectivity index (χ2v) is 14.7. The largest absolute Gasteiger partial charge is 0.315 e. The molecule has 0 N–H and O–H groups in total. The first-order valence-corrected chi connectivity index (χ1v) is 18.2. The third-order valence-corrected chi connectivity index (χ3v) is 11.2. The van der Waals surface area contributed by atoms with Crippen LogP contribution in [-0.4, -0.2) is 6.71 Å². The van der Waals surface area contributed by atoms with Crippen LogP contribution in [0.2, 0.25) is 0 Å². The van der Waals surface area contributed by atoms with Crippen LogP contribution in [0.3, 0.4) is 0 Å². The number of hydrogen-bond acceptors (Lipinski definition) is 1. The van der Waals surface area contributed by atoms with Crippen LogP contribution < -0.4 is 15.8 Å². The van der Waals surface area contributed by atoms with Gasteiger partial charge in [0.05, 0.1) is 0 Å². The van der Waals surface area contributed by atoms with Gasteiger partial charge in [-0.05, 0) is 126 Å². The zero-order chi connectivity index (χ0) is 33.9. The zero-order valence-corrected chi connectivity index (χ0v) is 29.6. The Balaban J connectivity index is 1.41. The maximum atomic E-state index is 2.69. The first-order chi connectivity index (χ1) is 24.4. The number of allylic oxidation sites excluding steroid dienone is 4. The number of aryl methyl sites for hydroxylation is 4. The Morgan fingerprint density at radius 2 is 1.36 bits per heavy atom. The van der Waals surface area contributed by atoms with Gasteiger partial charge >= 0.3 is 0 Å². The van der Waals surface area contributed by atoms with Crippen LogP contribution in [0.5, 0.6) is 0 Å². The lowest BCUT2D eigenvalue weighted by atomic mass is 9.34. The molecule has 1 heterocycles. The van der Waals surface area contributed by atoms with Crippen LogP contribution >= 0.6 is 0 Å². The van der Waals surface area contributed by atoms with Crippen molar-refractivity contribution in [2.24, 2.45) is 0 Å². The van der Waals surface area contributed by atoms with E-state index in [0.29, 0.717) is 0 Å². The zero-order valence-electron chi connectivity index (χ0n) is 29.6. The fraction of sp³-hybridized carbons (Fsp3) is 0.167. The van der Waals surface area contributed by atoms with Crippen molar-refractivity contribution in [2.75, 3.05) is 4.90 Å². The first-order valence-electron chi connectivity index (χ1n) is 18.2. The summed E-state index contributed by atoms with van der Waals surface area (Å²) in [7, 11) is 0. The number of benzene rings is 6. The lowest BCUT2D eigenvalue weighted by molar-refractivity contribution is 0.924. The highest BCUT2D eigenvalue weighted by molar-refractivity contribution is 6.90. The van der Waals surface area contributed by atoms with E-state index in [0.717, 1.165) is 25.6 Å². The molecule has 0 aromatic heterocycles. The molecule has 0 saturated carbocycles. The summed E-state index contributed by atoms with van der Waals surface area (Å²) in [5, 5.41) is 0. The molecule has 0 fully saturated rings. The van der Waals surface area contributed by atoms with Crippen molar-refractivity contribution in [2.45, 2.75) is 53.3 Å². The molecular formula is C48H42BN. The van der Waals surface area contributed by atoms with E-state index in [4.69, 9.17) is 0 Å². The molecule has 0 bridgehead atoms. The van der Waals surface area contributed by atoms with Gasteiger partial charge in [0.1, 0.15) is 0 Å². The second-order valence-electron chi connectivity index (χ2n) is 14.7. The van der Waals surface area contributed by atoms with Gasteiger partial charge in [-0.15, -0.1) is 0 Å². The third kappa shape index (κ3) is 5.09. The third-order valence-electron chi connectivity index (χ3n) is 11.2. The smallest absolute Gasteiger partial charge is 0.220 e. The van der Waals surface area contributed by atoms with Crippen molar-refractivity contribution < 1.29 is 0 Å². The van der Waals surface area contributed by atoms with Gasteiger partial charge in [-0.25, -0.2) is 0 Å². The minimum absolute atomic E-state index is 0.176. The van der Waals surface area contributed by atoms with Gasteiger partial charge in [0.15, 0.2) is 0 Å². The van der Waals surface area contributed by atoms with E-state index in [2.05, 4.69) is 166 Å². The van der Waals surface area contributed by atoms with Gasteiger partial charge in [-0.3, -0.25) is 0 Å². The number of rotatable bonds is 5. The first kappa shape index (κ1) is 30.7. The molecule has 0 atom stereocenters. The Kier molecular flexibility index (Phi) is 7.50. The molecule has 3 aliphatic rings. The lowest BCUT2D eigenvalue weighted by Gasteiger charge is -2.42. The van der Waals surface area contributed by atoms with Crippen LogP contribution in [0.25, 0.3) is 27.8 Å². The van der Waals surface area contributed by atoms with E-state index < -0.39 is 0 Å². The minimum atomic E-state index is 0.176. The molecule has 0 unspecified atom stereocenters. The molecule has 6 aromatic carbocycles. The Bertz CT molecular complexity index is 2360.